The molecule has 3 rings (SSSR count). The Kier molecular flexibility index (Phi) is 10.7. The van der Waals surface area contributed by atoms with Crippen molar-refractivity contribution in [3.8, 4) is 5.75 Å². The number of phenols is 1. The largest absolute Gasteiger partial charge is 0.508 e. The minimum Gasteiger partial charge on any atom is -0.508 e. The SMILES string of the molecule is CCOC(=O)CCNC(=O)C(c1ccccc1)N(C(=O)C(Cc1ccc(O)cc1)NC(=O)OC(C)(C)C)C1CC1C. The molecule has 1 fully saturated rings. The van der Waals surface area contributed by atoms with Gasteiger partial charge in [0.25, 0.3) is 0 Å². The van der Waals surface area contributed by atoms with Gasteiger partial charge in [-0.3, -0.25) is 14.4 Å². The molecule has 2 aromatic carbocycles. The number of carbonyl (C=O) groups excluding carboxylic acids is 4. The molecule has 0 radical (unpaired) electrons. The highest BCUT2D eigenvalue weighted by atomic mass is 16.6. The first-order valence-corrected chi connectivity index (χ1v) is 14.0. The minimum absolute atomic E-state index is 0.00144. The van der Waals surface area contributed by atoms with Crippen molar-refractivity contribution in [2.75, 3.05) is 13.2 Å². The fourth-order valence-corrected chi connectivity index (χ4v) is 4.56. The molecule has 4 atom stereocenters. The van der Waals surface area contributed by atoms with Crippen molar-refractivity contribution in [3.63, 3.8) is 0 Å². The van der Waals surface area contributed by atoms with Crippen LogP contribution in [-0.2, 0) is 30.3 Å². The maximum absolute atomic E-state index is 14.4. The normalized spacial score (nSPS) is 17.5. The van der Waals surface area contributed by atoms with Crippen molar-refractivity contribution in [3.05, 3.63) is 65.7 Å². The maximum atomic E-state index is 14.4. The average molecular weight is 568 g/mol. The van der Waals surface area contributed by atoms with Crippen LogP contribution in [0.4, 0.5) is 4.79 Å². The third kappa shape index (κ3) is 9.51. The van der Waals surface area contributed by atoms with E-state index in [9.17, 15) is 24.3 Å². The highest BCUT2D eigenvalue weighted by Crippen LogP contribution is 2.40. The predicted octanol–water partition coefficient (Wildman–Crippen LogP) is 3.88. The molecule has 0 aliphatic heterocycles. The molecule has 1 aliphatic carbocycles. The fourth-order valence-electron chi connectivity index (χ4n) is 4.56. The van der Waals surface area contributed by atoms with E-state index in [1.54, 1.807) is 69.0 Å². The Balaban J connectivity index is 1.95. The standard InChI is InChI=1S/C31H41N3O7/c1-6-40-26(36)16-17-32-28(37)27(22-10-8-7-9-11-22)34(25-18-20(25)2)29(38)24(33-30(39)41-31(3,4)5)19-21-12-14-23(35)15-13-21/h7-15,20,24-25,27,35H,6,16-19H2,1-5H3,(H,32,37)(H,33,39). The summed E-state index contributed by atoms with van der Waals surface area (Å²) in [5.74, 6) is -1.08. The van der Waals surface area contributed by atoms with Crippen LogP contribution in [0.15, 0.2) is 54.6 Å². The number of alkyl carbamates (subject to hydrolysis) is 1. The molecule has 222 valence electrons. The van der Waals surface area contributed by atoms with Gasteiger partial charge in [-0.1, -0.05) is 49.4 Å². The van der Waals surface area contributed by atoms with Crippen molar-refractivity contribution >= 4 is 23.9 Å². The number of amides is 3. The zero-order valence-corrected chi connectivity index (χ0v) is 24.4. The van der Waals surface area contributed by atoms with E-state index >= 15 is 0 Å². The van der Waals surface area contributed by atoms with Crippen LogP contribution < -0.4 is 10.6 Å². The molecule has 2 aromatic rings. The van der Waals surface area contributed by atoms with E-state index in [0.29, 0.717) is 17.5 Å². The number of esters is 1. The van der Waals surface area contributed by atoms with Crippen LogP contribution in [0.1, 0.15) is 64.6 Å². The molecular weight excluding hydrogens is 526 g/mol. The minimum atomic E-state index is -1.05. The molecule has 0 spiro atoms. The number of benzene rings is 2. The van der Waals surface area contributed by atoms with E-state index in [2.05, 4.69) is 10.6 Å². The highest BCUT2D eigenvalue weighted by Gasteiger charge is 2.48. The highest BCUT2D eigenvalue weighted by molar-refractivity contribution is 5.93. The Morgan fingerprint density at radius 3 is 2.24 bits per heavy atom. The Morgan fingerprint density at radius 2 is 1.68 bits per heavy atom. The lowest BCUT2D eigenvalue weighted by molar-refractivity contribution is -0.145. The zero-order valence-electron chi connectivity index (χ0n) is 24.4. The summed E-state index contributed by atoms with van der Waals surface area (Å²) < 4.78 is 10.4. The molecule has 3 amide bonds. The van der Waals surface area contributed by atoms with Crippen molar-refractivity contribution < 1.29 is 33.8 Å². The fraction of sp³-hybridized carbons (Fsp3) is 0.484. The Labute approximate surface area is 241 Å². The van der Waals surface area contributed by atoms with E-state index in [4.69, 9.17) is 9.47 Å². The molecule has 0 heterocycles. The van der Waals surface area contributed by atoms with Crippen molar-refractivity contribution in [1.29, 1.82) is 0 Å². The topological polar surface area (TPSA) is 134 Å². The summed E-state index contributed by atoms with van der Waals surface area (Å²) in [6, 6.07) is 13.0. The van der Waals surface area contributed by atoms with Gasteiger partial charge < -0.3 is 30.1 Å². The van der Waals surface area contributed by atoms with E-state index in [1.165, 1.54) is 12.1 Å². The van der Waals surface area contributed by atoms with Gasteiger partial charge in [0, 0.05) is 19.0 Å². The van der Waals surface area contributed by atoms with Gasteiger partial charge in [-0.25, -0.2) is 4.79 Å². The van der Waals surface area contributed by atoms with Crippen LogP contribution in [0.5, 0.6) is 5.75 Å². The molecule has 10 nitrogen and oxygen atoms in total. The molecule has 3 N–H and O–H groups in total. The lowest BCUT2D eigenvalue weighted by atomic mass is 9.99. The van der Waals surface area contributed by atoms with E-state index < -0.39 is 41.6 Å². The number of nitrogens with zero attached hydrogens (tertiary/aromatic N) is 1. The predicted molar refractivity (Wildman–Crippen MR) is 153 cm³/mol. The Bertz CT molecular complexity index is 1190. The van der Waals surface area contributed by atoms with Gasteiger partial charge in [0.15, 0.2) is 0 Å². The van der Waals surface area contributed by atoms with Gasteiger partial charge in [-0.2, -0.15) is 0 Å². The second kappa shape index (κ2) is 14.0. The lowest BCUT2D eigenvalue weighted by Gasteiger charge is -2.35. The van der Waals surface area contributed by atoms with Crippen LogP contribution in [0.3, 0.4) is 0 Å². The molecule has 10 heteroatoms. The van der Waals surface area contributed by atoms with E-state index in [0.717, 1.165) is 0 Å². The van der Waals surface area contributed by atoms with Crippen LogP contribution in [-0.4, -0.2) is 64.7 Å². The number of rotatable bonds is 12. The van der Waals surface area contributed by atoms with E-state index in [-0.39, 0.29) is 43.7 Å². The summed E-state index contributed by atoms with van der Waals surface area (Å²) >= 11 is 0. The quantitative estimate of drug-likeness (QED) is 0.332. The monoisotopic (exact) mass is 567 g/mol. The summed E-state index contributed by atoms with van der Waals surface area (Å²) in [7, 11) is 0. The summed E-state index contributed by atoms with van der Waals surface area (Å²) in [4.78, 5) is 54.3. The van der Waals surface area contributed by atoms with Crippen LogP contribution >= 0.6 is 0 Å². The van der Waals surface area contributed by atoms with Gasteiger partial charge in [-0.05, 0) is 63.3 Å². The number of hydrogen-bond donors (Lipinski definition) is 3. The van der Waals surface area contributed by atoms with Crippen molar-refractivity contribution in [1.82, 2.24) is 15.5 Å². The van der Waals surface area contributed by atoms with Crippen LogP contribution in [0, 0.1) is 5.92 Å². The molecule has 1 aliphatic rings. The van der Waals surface area contributed by atoms with Gasteiger partial charge in [-0.15, -0.1) is 0 Å². The second-order valence-electron chi connectivity index (χ2n) is 11.3. The van der Waals surface area contributed by atoms with Gasteiger partial charge in [0.05, 0.1) is 13.0 Å². The Morgan fingerprint density at radius 1 is 1.05 bits per heavy atom. The molecule has 0 aromatic heterocycles. The lowest BCUT2D eigenvalue weighted by Crippen LogP contribution is -2.54. The second-order valence-corrected chi connectivity index (χ2v) is 11.3. The molecule has 4 unspecified atom stereocenters. The van der Waals surface area contributed by atoms with Gasteiger partial charge in [0.1, 0.15) is 23.4 Å². The van der Waals surface area contributed by atoms with Crippen molar-refractivity contribution in [2.24, 2.45) is 5.92 Å². The smallest absolute Gasteiger partial charge is 0.408 e. The summed E-state index contributed by atoms with van der Waals surface area (Å²) in [6.07, 6.45) is 0.0536. The van der Waals surface area contributed by atoms with Crippen LogP contribution in [0.25, 0.3) is 0 Å². The third-order valence-electron chi connectivity index (χ3n) is 6.62. The first-order valence-electron chi connectivity index (χ1n) is 14.0. The third-order valence-corrected chi connectivity index (χ3v) is 6.62. The van der Waals surface area contributed by atoms with E-state index in [1.807, 2.05) is 13.0 Å². The summed E-state index contributed by atoms with van der Waals surface area (Å²) in [6.45, 7) is 9.20. The maximum Gasteiger partial charge on any atom is 0.408 e. The molecule has 1 saturated carbocycles. The Hall–Kier alpha value is -4.08. The van der Waals surface area contributed by atoms with Crippen LogP contribution in [0.2, 0.25) is 0 Å². The molecule has 41 heavy (non-hydrogen) atoms. The molecule has 0 bridgehead atoms. The number of hydrogen-bond acceptors (Lipinski definition) is 7. The molecular formula is C31H41N3O7. The average Bonchev–Trinajstić information content (AvgIpc) is 3.62. The summed E-state index contributed by atoms with van der Waals surface area (Å²) in [5.41, 5.74) is 0.525. The number of carbonyl (C=O) groups is 4. The first kappa shape index (κ1) is 31.4. The zero-order chi connectivity index (χ0) is 30.2. The van der Waals surface area contributed by atoms with Gasteiger partial charge in [0.2, 0.25) is 11.8 Å². The molecule has 0 saturated heterocycles. The first-order chi connectivity index (χ1) is 19.4. The van der Waals surface area contributed by atoms with Gasteiger partial charge >= 0.3 is 12.1 Å². The number of phenolic OH excluding ortho intramolecular Hbond substituents is 1. The number of aromatic hydroxyl groups is 1. The number of ether oxygens (including phenoxy) is 2. The summed E-state index contributed by atoms with van der Waals surface area (Å²) in [5, 5.41) is 15.2. The number of nitrogens with one attached hydrogen (secondary N) is 2. The van der Waals surface area contributed by atoms with Crippen molar-refractivity contribution in [2.45, 2.75) is 77.6 Å².